The van der Waals surface area contributed by atoms with Gasteiger partial charge in [-0.15, -0.1) is 0 Å². The van der Waals surface area contributed by atoms with Crippen molar-refractivity contribution in [3.8, 4) is 0 Å². The Kier molecular flexibility index (Phi) is 5.59. The van der Waals surface area contributed by atoms with Crippen LogP contribution in [0, 0.1) is 5.41 Å². The molecule has 1 aliphatic rings. The van der Waals surface area contributed by atoms with Crippen LogP contribution in [0.2, 0.25) is 5.02 Å². The first-order chi connectivity index (χ1) is 11.6. The first-order valence-electron chi connectivity index (χ1n) is 8.72. The van der Waals surface area contributed by atoms with Crippen molar-refractivity contribution in [1.29, 1.82) is 0 Å². The zero-order valence-electron chi connectivity index (χ0n) is 14.3. The highest BCUT2D eigenvalue weighted by Gasteiger charge is 2.35. The van der Waals surface area contributed by atoms with Crippen molar-refractivity contribution in [3.05, 3.63) is 53.1 Å². The number of imidazole rings is 1. The van der Waals surface area contributed by atoms with Gasteiger partial charge >= 0.3 is 0 Å². The smallest absolute Gasteiger partial charge is 0.122 e. The lowest BCUT2D eigenvalue weighted by Gasteiger charge is -2.42. The van der Waals surface area contributed by atoms with E-state index in [4.69, 9.17) is 11.6 Å². The number of benzene rings is 1. The van der Waals surface area contributed by atoms with Gasteiger partial charge < -0.3 is 9.67 Å². The third-order valence-corrected chi connectivity index (χ3v) is 5.29. The van der Waals surface area contributed by atoms with Gasteiger partial charge in [-0.05, 0) is 50.4 Å². The van der Waals surface area contributed by atoms with E-state index in [2.05, 4.69) is 27.4 Å². The fraction of sp³-hybridized carbons (Fsp3) is 0.526. The zero-order valence-corrected chi connectivity index (χ0v) is 15.0. The molecule has 0 radical (unpaired) electrons. The number of aliphatic hydroxyl groups excluding tert-OH is 1. The summed E-state index contributed by atoms with van der Waals surface area (Å²) in [5.41, 5.74) is 1.11. The summed E-state index contributed by atoms with van der Waals surface area (Å²) < 4.78 is 2.19. The highest BCUT2D eigenvalue weighted by molar-refractivity contribution is 6.30. The van der Waals surface area contributed by atoms with Gasteiger partial charge in [-0.2, -0.15) is 0 Å². The van der Waals surface area contributed by atoms with Crippen molar-refractivity contribution < 1.29 is 5.11 Å². The maximum Gasteiger partial charge on any atom is 0.122 e. The van der Waals surface area contributed by atoms with E-state index in [0.29, 0.717) is 0 Å². The van der Waals surface area contributed by atoms with Gasteiger partial charge in [-0.3, -0.25) is 4.90 Å². The molecule has 5 heteroatoms. The first-order valence-corrected chi connectivity index (χ1v) is 9.09. The van der Waals surface area contributed by atoms with Crippen LogP contribution in [0.3, 0.4) is 0 Å². The molecule has 24 heavy (non-hydrogen) atoms. The summed E-state index contributed by atoms with van der Waals surface area (Å²) in [7, 11) is 0. The monoisotopic (exact) mass is 347 g/mol. The number of aliphatic hydroxyl groups is 1. The Morgan fingerprint density at radius 3 is 3.00 bits per heavy atom. The van der Waals surface area contributed by atoms with E-state index >= 15 is 0 Å². The Morgan fingerprint density at radius 2 is 2.25 bits per heavy atom. The molecule has 1 fully saturated rings. The maximum atomic E-state index is 10.1. The number of halogens is 1. The van der Waals surface area contributed by atoms with Gasteiger partial charge in [0.25, 0.3) is 0 Å². The summed E-state index contributed by atoms with van der Waals surface area (Å²) >= 11 is 6.12. The zero-order chi connectivity index (χ0) is 17.0. The quantitative estimate of drug-likeness (QED) is 0.871. The van der Waals surface area contributed by atoms with E-state index in [9.17, 15) is 5.11 Å². The predicted molar refractivity (Wildman–Crippen MR) is 97.1 cm³/mol. The van der Waals surface area contributed by atoms with E-state index in [1.165, 1.54) is 5.56 Å². The highest BCUT2D eigenvalue weighted by Crippen LogP contribution is 2.34. The molecule has 0 bridgehead atoms. The normalized spacial score (nSPS) is 22.0. The summed E-state index contributed by atoms with van der Waals surface area (Å²) in [5, 5.41) is 10.9. The lowest BCUT2D eigenvalue weighted by atomic mass is 9.75. The molecule has 1 aromatic carbocycles. The highest BCUT2D eigenvalue weighted by atomic mass is 35.5. The summed E-state index contributed by atoms with van der Waals surface area (Å²) in [6.45, 7) is 6.09. The second-order valence-electron chi connectivity index (χ2n) is 6.91. The van der Waals surface area contributed by atoms with Crippen molar-refractivity contribution in [2.75, 3.05) is 19.7 Å². The molecule has 3 rings (SSSR count). The average molecular weight is 348 g/mol. The first kappa shape index (κ1) is 17.5. The third-order valence-electron chi connectivity index (χ3n) is 5.05. The molecule has 1 aliphatic heterocycles. The van der Waals surface area contributed by atoms with Crippen LogP contribution < -0.4 is 0 Å². The van der Waals surface area contributed by atoms with Crippen molar-refractivity contribution in [1.82, 2.24) is 14.5 Å². The molecular weight excluding hydrogens is 322 g/mol. The van der Waals surface area contributed by atoms with Crippen LogP contribution in [0.1, 0.15) is 31.2 Å². The molecule has 4 nitrogen and oxygen atoms in total. The minimum Gasteiger partial charge on any atom is -0.396 e. The fourth-order valence-corrected chi connectivity index (χ4v) is 4.05. The standard InChI is InChI=1S/C19H26ClN3O/c1-2-23-10-8-21-18(23)13-22-9-4-7-19(14-22,15-24)12-16-5-3-6-17(20)11-16/h3,5-6,8,10-11,24H,2,4,7,9,12-15H2,1H3. The van der Waals surface area contributed by atoms with Crippen LogP contribution >= 0.6 is 11.6 Å². The number of hydrogen-bond donors (Lipinski definition) is 1. The lowest BCUT2D eigenvalue weighted by molar-refractivity contribution is 0.0274. The van der Waals surface area contributed by atoms with E-state index < -0.39 is 0 Å². The Balaban J connectivity index is 1.72. The predicted octanol–water partition coefficient (Wildman–Crippen LogP) is 3.37. The molecule has 0 aliphatic carbocycles. The Bertz CT molecular complexity index is 672. The number of piperidine rings is 1. The Hall–Kier alpha value is -1.36. The second-order valence-corrected chi connectivity index (χ2v) is 7.34. The molecule has 1 unspecified atom stereocenters. The molecule has 0 spiro atoms. The summed E-state index contributed by atoms with van der Waals surface area (Å²) in [5.74, 6) is 1.11. The van der Waals surface area contributed by atoms with E-state index in [0.717, 1.165) is 56.3 Å². The van der Waals surface area contributed by atoms with Crippen LogP contribution in [0.5, 0.6) is 0 Å². The van der Waals surface area contributed by atoms with Crippen LogP contribution in [-0.2, 0) is 19.5 Å². The van der Waals surface area contributed by atoms with Crippen LogP contribution in [0.15, 0.2) is 36.7 Å². The van der Waals surface area contributed by atoms with Crippen LogP contribution in [0.4, 0.5) is 0 Å². The largest absolute Gasteiger partial charge is 0.396 e. The van der Waals surface area contributed by atoms with Gasteiger partial charge in [0.05, 0.1) is 13.2 Å². The number of hydrogen-bond acceptors (Lipinski definition) is 3. The molecule has 1 N–H and O–H groups in total. The maximum absolute atomic E-state index is 10.1. The summed E-state index contributed by atoms with van der Waals surface area (Å²) in [6, 6.07) is 8.00. The Labute approximate surface area is 149 Å². The molecule has 1 atom stereocenters. The Morgan fingerprint density at radius 1 is 1.38 bits per heavy atom. The topological polar surface area (TPSA) is 41.3 Å². The van der Waals surface area contributed by atoms with Crippen molar-refractivity contribution in [3.63, 3.8) is 0 Å². The molecule has 2 heterocycles. The number of nitrogens with zero attached hydrogens (tertiary/aromatic N) is 3. The molecular formula is C19H26ClN3O. The molecule has 1 saturated heterocycles. The van der Waals surface area contributed by atoms with Crippen LogP contribution in [-0.4, -0.2) is 39.3 Å². The van der Waals surface area contributed by atoms with Gasteiger partial charge in [0.2, 0.25) is 0 Å². The van der Waals surface area contributed by atoms with Crippen molar-refractivity contribution in [2.45, 2.75) is 39.3 Å². The molecule has 130 valence electrons. The molecule has 0 saturated carbocycles. The van der Waals surface area contributed by atoms with Gasteiger partial charge in [-0.25, -0.2) is 4.98 Å². The summed E-state index contributed by atoms with van der Waals surface area (Å²) in [6.07, 6.45) is 6.92. The molecule has 1 aromatic heterocycles. The van der Waals surface area contributed by atoms with E-state index in [-0.39, 0.29) is 12.0 Å². The molecule has 0 amide bonds. The summed E-state index contributed by atoms with van der Waals surface area (Å²) in [4.78, 5) is 6.92. The number of likely N-dealkylation sites (tertiary alicyclic amines) is 1. The van der Waals surface area contributed by atoms with Gasteiger partial charge in [0.15, 0.2) is 0 Å². The minimum absolute atomic E-state index is 0.0907. The molecule has 2 aromatic rings. The number of aromatic nitrogens is 2. The number of rotatable bonds is 6. The van der Waals surface area contributed by atoms with Crippen molar-refractivity contribution >= 4 is 11.6 Å². The number of aryl methyl sites for hydroxylation is 1. The second kappa shape index (κ2) is 7.68. The van der Waals surface area contributed by atoms with Gasteiger partial charge in [-0.1, -0.05) is 23.7 Å². The minimum atomic E-state index is -0.0907. The van der Waals surface area contributed by atoms with Gasteiger partial charge in [0.1, 0.15) is 5.82 Å². The fourth-order valence-electron chi connectivity index (χ4n) is 3.83. The van der Waals surface area contributed by atoms with Crippen molar-refractivity contribution in [2.24, 2.45) is 5.41 Å². The average Bonchev–Trinajstić information content (AvgIpc) is 3.02. The third kappa shape index (κ3) is 4.00. The SMILES string of the molecule is CCn1ccnc1CN1CCCC(CO)(Cc2cccc(Cl)c2)C1. The lowest BCUT2D eigenvalue weighted by Crippen LogP contribution is -2.46. The van der Waals surface area contributed by atoms with E-state index in [1.54, 1.807) is 0 Å². The van der Waals surface area contributed by atoms with Gasteiger partial charge in [0, 0.05) is 35.9 Å². The van der Waals surface area contributed by atoms with E-state index in [1.807, 2.05) is 30.6 Å². The van der Waals surface area contributed by atoms with Crippen LogP contribution in [0.25, 0.3) is 0 Å².